The van der Waals surface area contributed by atoms with Gasteiger partial charge >= 0.3 is 0 Å². The summed E-state index contributed by atoms with van der Waals surface area (Å²) in [6, 6.07) is 17.4. The van der Waals surface area contributed by atoms with Crippen molar-refractivity contribution in [1.29, 1.82) is 0 Å². The highest BCUT2D eigenvalue weighted by Gasteiger charge is 2.11. The normalized spacial score (nSPS) is 10.7. The van der Waals surface area contributed by atoms with Crippen molar-refractivity contribution in [1.82, 2.24) is 0 Å². The molecule has 0 aliphatic rings. The van der Waals surface area contributed by atoms with E-state index in [9.17, 15) is 0 Å². The number of hydrogen-bond acceptors (Lipinski definition) is 2. The van der Waals surface area contributed by atoms with Crippen molar-refractivity contribution in [3.63, 3.8) is 0 Å². The van der Waals surface area contributed by atoms with Gasteiger partial charge in [0.25, 0.3) is 0 Å². The molecule has 0 aliphatic heterocycles. The third-order valence-electron chi connectivity index (χ3n) is 4.11. The molecule has 140 valence electrons. The van der Waals surface area contributed by atoms with Gasteiger partial charge in [-0.05, 0) is 60.0 Å². The first kappa shape index (κ1) is 20.3. The maximum absolute atomic E-state index is 6.40. The van der Waals surface area contributed by atoms with Crippen LogP contribution < -0.4 is 10.1 Å². The van der Waals surface area contributed by atoms with Crippen molar-refractivity contribution in [2.45, 2.75) is 20.1 Å². The largest absolute Gasteiger partial charge is 0.486 e. The Bertz CT molecular complexity index is 922. The lowest BCUT2D eigenvalue weighted by atomic mass is 10.1. The number of benzene rings is 3. The second-order valence-corrected chi connectivity index (χ2v) is 8.21. The predicted octanol–water partition coefficient (Wildman–Crippen LogP) is 7.91. The first-order valence-electron chi connectivity index (χ1n) is 8.28. The maximum Gasteiger partial charge on any atom is 0.156 e. The molecule has 0 radical (unpaired) electrons. The maximum atomic E-state index is 6.40. The molecule has 0 fully saturated rings. The van der Waals surface area contributed by atoms with Gasteiger partial charge in [-0.2, -0.15) is 0 Å². The van der Waals surface area contributed by atoms with Crippen molar-refractivity contribution in [2.24, 2.45) is 0 Å². The van der Waals surface area contributed by atoms with E-state index in [0.717, 1.165) is 31.9 Å². The van der Waals surface area contributed by atoms with Crippen LogP contribution in [0.25, 0.3) is 0 Å². The Hall–Kier alpha value is -1.39. The second kappa shape index (κ2) is 9.20. The van der Waals surface area contributed by atoms with Gasteiger partial charge in [-0.1, -0.05) is 68.9 Å². The molecule has 2 nitrogen and oxygen atoms in total. The SMILES string of the molecule is Cc1c(Cl)cccc1NCc1cc(Cl)c(OCc2ccc(Br)cc2)c(Cl)c1. The van der Waals surface area contributed by atoms with Crippen molar-refractivity contribution in [3.8, 4) is 5.75 Å². The van der Waals surface area contributed by atoms with E-state index in [1.807, 2.05) is 61.5 Å². The second-order valence-electron chi connectivity index (χ2n) is 6.07. The zero-order chi connectivity index (χ0) is 19.4. The molecule has 27 heavy (non-hydrogen) atoms. The number of halogens is 4. The minimum absolute atomic E-state index is 0.395. The van der Waals surface area contributed by atoms with Gasteiger partial charge in [0.1, 0.15) is 6.61 Å². The van der Waals surface area contributed by atoms with Crippen LogP contribution in [0.3, 0.4) is 0 Å². The van der Waals surface area contributed by atoms with E-state index in [1.165, 1.54) is 0 Å². The minimum atomic E-state index is 0.395. The van der Waals surface area contributed by atoms with E-state index in [4.69, 9.17) is 39.5 Å². The highest BCUT2D eigenvalue weighted by molar-refractivity contribution is 9.10. The molecule has 0 atom stereocenters. The van der Waals surface area contributed by atoms with E-state index in [2.05, 4.69) is 21.2 Å². The molecule has 0 saturated carbocycles. The van der Waals surface area contributed by atoms with Crippen LogP contribution in [0.2, 0.25) is 15.1 Å². The van der Waals surface area contributed by atoms with Gasteiger partial charge in [0.2, 0.25) is 0 Å². The molecular weight excluding hydrogens is 469 g/mol. The third kappa shape index (κ3) is 5.32. The summed E-state index contributed by atoms with van der Waals surface area (Å²) in [6.45, 7) is 2.95. The number of nitrogens with one attached hydrogen (secondary N) is 1. The summed E-state index contributed by atoms with van der Waals surface area (Å²) < 4.78 is 6.85. The molecule has 0 saturated heterocycles. The Morgan fingerprint density at radius 2 is 1.56 bits per heavy atom. The predicted molar refractivity (Wildman–Crippen MR) is 118 cm³/mol. The van der Waals surface area contributed by atoms with Gasteiger partial charge in [0.05, 0.1) is 10.0 Å². The Morgan fingerprint density at radius 1 is 0.889 bits per heavy atom. The molecule has 0 amide bonds. The fourth-order valence-electron chi connectivity index (χ4n) is 2.58. The lowest BCUT2D eigenvalue weighted by Crippen LogP contribution is -2.02. The Morgan fingerprint density at radius 3 is 2.22 bits per heavy atom. The van der Waals surface area contributed by atoms with Crippen LogP contribution in [0, 0.1) is 6.92 Å². The van der Waals surface area contributed by atoms with Gasteiger partial charge in [-0.25, -0.2) is 0 Å². The first-order valence-corrected chi connectivity index (χ1v) is 10.2. The molecule has 1 N–H and O–H groups in total. The molecule has 0 bridgehead atoms. The van der Waals surface area contributed by atoms with E-state index < -0.39 is 0 Å². The number of anilines is 1. The average Bonchev–Trinajstić information content (AvgIpc) is 2.64. The quantitative estimate of drug-likeness (QED) is 0.383. The van der Waals surface area contributed by atoms with Gasteiger partial charge in [0.15, 0.2) is 5.75 Å². The van der Waals surface area contributed by atoms with Gasteiger partial charge in [-0.3, -0.25) is 0 Å². The summed E-state index contributed by atoms with van der Waals surface area (Å²) in [7, 11) is 0. The molecule has 0 aromatic heterocycles. The highest BCUT2D eigenvalue weighted by Crippen LogP contribution is 2.35. The fraction of sp³-hybridized carbons (Fsp3) is 0.143. The zero-order valence-electron chi connectivity index (χ0n) is 14.5. The van der Waals surface area contributed by atoms with Crippen LogP contribution >= 0.6 is 50.7 Å². The summed E-state index contributed by atoms with van der Waals surface area (Å²) in [5.41, 5.74) is 3.98. The summed E-state index contributed by atoms with van der Waals surface area (Å²) in [5.74, 6) is 0.490. The molecule has 0 unspecified atom stereocenters. The van der Waals surface area contributed by atoms with Gasteiger partial charge in [0, 0.05) is 21.7 Å². The molecule has 3 aromatic carbocycles. The fourth-order valence-corrected chi connectivity index (χ4v) is 3.66. The van der Waals surface area contributed by atoms with E-state index in [0.29, 0.717) is 28.9 Å². The van der Waals surface area contributed by atoms with Crippen molar-refractivity contribution < 1.29 is 4.74 Å². The summed E-state index contributed by atoms with van der Waals surface area (Å²) in [4.78, 5) is 0. The Kier molecular flexibility index (Phi) is 6.93. The molecule has 6 heteroatoms. The Balaban J connectivity index is 1.68. The average molecular weight is 486 g/mol. The minimum Gasteiger partial charge on any atom is -0.486 e. The van der Waals surface area contributed by atoms with Crippen LogP contribution in [0.4, 0.5) is 5.69 Å². The van der Waals surface area contributed by atoms with Gasteiger partial charge in [-0.15, -0.1) is 0 Å². The summed E-state index contributed by atoms with van der Waals surface area (Å²) in [5, 5.41) is 5.06. The van der Waals surface area contributed by atoms with Crippen LogP contribution in [-0.4, -0.2) is 0 Å². The lowest BCUT2D eigenvalue weighted by Gasteiger charge is -2.14. The number of ether oxygens (including phenoxy) is 1. The molecule has 0 aliphatic carbocycles. The van der Waals surface area contributed by atoms with E-state index in [1.54, 1.807) is 0 Å². The smallest absolute Gasteiger partial charge is 0.156 e. The van der Waals surface area contributed by atoms with Crippen LogP contribution in [0.1, 0.15) is 16.7 Å². The molecular formula is C21H17BrCl3NO. The Labute approximate surface area is 182 Å². The topological polar surface area (TPSA) is 21.3 Å². The lowest BCUT2D eigenvalue weighted by molar-refractivity contribution is 0.306. The first-order chi connectivity index (χ1) is 12.9. The van der Waals surface area contributed by atoms with Crippen molar-refractivity contribution in [3.05, 3.63) is 90.8 Å². The summed E-state index contributed by atoms with van der Waals surface area (Å²) >= 11 is 22.4. The molecule has 3 aromatic rings. The molecule has 0 heterocycles. The molecule has 3 rings (SSSR count). The van der Waals surface area contributed by atoms with E-state index >= 15 is 0 Å². The highest BCUT2D eigenvalue weighted by atomic mass is 79.9. The van der Waals surface area contributed by atoms with Crippen LogP contribution in [0.5, 0.6) is 5.75 Å². The van der Waals surface area contributed by atoms with Gasteiger partial charge < -0.3 is 10.1 Å². The van der Waals surface area contributed by atoms with Crippen LogP contribution in [0.15, 0.2) is 59.1 Å². The van der Waals surface area contributed by atoms with Crippen LogP contribution in [-0.2, 0) is 13.2 Å². The molecule has 0 spiro atoms. The monoisotopic (exact) mass is 483 g/mol. The van der Waals surface area contributed by atoms with E-state index in [-0.39, 0.29) is 0 Å². The van der Waals surface area contributed by atoms with Crippen molar-refractivity contribution >= 4 is 56.4 Å². The summed E-state index contributed by atoms with van der Waals surface area (Å²) in [6.07, 6.45) is 0. The number of rotatable bonds is 6. The zero-order valence-corrected chi connectivity index (χ0v) is 18.4. The standard InChI is InChI=1S/C21H17BrCl3NO/c1-13-17(23)3-2-4-20(13)26-11-15-9-18(24)21(19(25)10-15)27-12-14-5-7-16(22)8-6-14/h2-10,26H,11-12H2,1H3. The van der Waals surface area contributed by atoms with Crippen molar-refractivity contribution in [2.75, 3.05) is 5.32 Å². The third-order valence-corrected chi connectivity index (χ3v) is 5.60. The number of hydrogen-bond donors (Lipinski definition) is 1.